The highest BCUT2D eigenvalue weighted by Crippen LogP contribution is 2.23. The highest BCUT2D eigenvalue weighted by atomic mass is 16.7. The fourth-order valence-electron chi connectivity index (χ4n) is 2.54. The Morgan fingerprint density at radius 2 is 1.52 bits per heavy atom. The van der Waals surface area contributed by atoms with E-state index in [2.05, 4.69) is 0 Å². The maximum absolute atomic E-state index is 12.0. The fourth-order valence-corrected chi connectivity index (χ4v) is 2.54. The van der Waals surface area contributed by atoms with Crippen molar-refractivity contribution in [3.63, 3.8) is 0 Å². The minimum atomic E-state index is -1.24. The molecule has 2 aromatic carbocycles. The lowest BCUT2D eigenvalue weighted by Crippen LogP contribution is -2.26. The molecule has 3 atom stereocenters. The Balaban J connectivity index is 1.50. The van der Waals surface area contributed by atoms with Crippen LogP contribution < -0.4 is 0 Å². The molecule has 0 spiro atoms. The summed E-state index contributed by atoms with van der Waals surface area (Å²) in [6.07, 6.45) is -2.32. The third kappa shape index (κ3) is 4.43. The number of aliphatic hydroxyl groups is 1. The zero-order valence-electron chi connectivity index (χ0n) is 13.4. The SMILES string of the molecule is O=C(OC[C@H]1C[C@H](OC(=O)c2ccccc2)[C@@H](O)O1)c1ccccc1. The van der Waals surface area contributed by atoms with Gasteiger partial charge < -0.3 is 19.3 Å². The van der Waals surface area contributed by atoms with Crippen molar-refractivity contribution in [2.24, 2.45) is 0 Å². The average Bonchev–Trinajstić information content (AvgIpc) is 3.00. The normalized spacial score (nSPS) is 22.4. The number of ether oxygens (including phenoxy) is 3. The van der Waals surface area contributed by atoms with Crippen molar-refractivity contribution in [1.29, 1.82) is 0 Å². The second-order valence-corrected chi connectivity index (χ2v) is 5.66. The quantitative estimate of drug-likeness (QED) is 0.839. The van der Waals surface area contributed by atoms with Gasteiger partial charge in [-0.3, -0.25) is 0 Å². The van der Waals surface area contributed by atoms with Crippen molar-refractivity contribution in [1.82, 2.24) is 0 Å². The maximum Gasteiger partial charge on any atom is 0.338 e. The molecule has 0 bridgehead atoms. The molecule has 1 aliphatic heterocycles. The Kier molecular flexibility index (Phi) is 5.42. The maximum atomic E-state index is 12.0. The largest absolute Gasteiger partial charge is 0.459 e. The molecule has 25 heavy (non-hydrogen) atoms. The molecule has 1 aliphatic rings. The third-order valence-corrected chi connectivity index (χ3v) is 3.82. The van der Waals surface area contributed by atoms with E-state index in [1.807, 2.05) is 0 Å². The molecule has 1 heterocycles. The number of rotatable bonds is 5. The second-order valence-electron chi connectivity index (χ2n) is 5.66. The number of benzene rings is 2. The third-order valence-electron chi connectivity index (χ3n) is 3.82. The van der Waals surface area contributed by atoms with Gasteiger partial charge in [0.15, 0.2) is 12.4 Å². The second kappa shape index (κ2) is 7.92. The van der Waals surface area contributed by atoms with Crippen LogP contribution in [0.3, 0.4) is 0 Å². The van der Waals surface area contributed by atoms with Crippen molar-refractivity contribution >= 4 is 11.9 Å². The van der Waals surface area contributed by atoms with Crippen LogP contribution in [0.1, 0.15) is 27.1 Å². The molecule has 3 rings (SSSR count). The van der Waals surface area contributed by atoms with Gasteiger partial charge >= 0.3 is 11.9 Å². The summed E-state index contributed by atoms with van der Waals surface area (Å²) in [6.45, 7) is -0.0236. The van der Waals surface area contributed by atoms with Gasteiger partial charge in [-0.1, -0.05) is 36.4 Å². The molecule has 130 valence electrons. The lowest BCUT2D eigenvalue weighted by Gasteiger charge is -2.13. The number of hydrogen-bond acceptors (Lipinski definition) is 6. The first-order chi connectivity index (χ1) is 12.1. The molecule has 0 saturated carbocycles. The Morgan fingerprint density at radius 1 is 0.960 bits per heavy atom. The first kappa shape index (κ1) is 17.1. The van der Waals surface area contributed by atoms with E-state index in [9.17, 15) is 14.7 Å². The van der Waals surface area contributed by atoms with E-state index in [-0.39, 0.29) is 13.0 Å². The fraction of sp³-hybridized carbons (Fsp3) is 0.263. The van der Waals surface area contributed by atoms with Crippen molar-refractivity contribution < 1.29 is 28.9 Å². The topological polar surface area (TPSA) is 82.1 Å². The van der Waals surface area contributed by atoms with Gasteiger partial charge in [-0.05, 0) is 24.3 Å². The minimum Gasteiger partial charge on any atom is -0.459 e. The van der Waals surface area contributed by atoms with Crippen LogP contribution >= 0.6 is 0 Å². The summed E-state index contributed by atoms with van der Waals surface area (Å²) < 4.78 is 15.8. The Hall–Kier alpha value is -2.70. The Bertz CT molecular complexity index is 715. The summed E-state index contributed by atoms with van der Waals surface area (Å²) in [5.74, 6) is -1.00. The highest BCUT2D eigenvalue weighted by molar-refractivity contribution is 5.89. The van der Waals surface area contributed by atoms with E-state index in [1.54, 1.807) is 60.7 Å². The van der Waals surface area contributed by atoms with Gasteiger partial charge in [0.1, 0.15) is 6.61 Å². The van der Waals surface area contributed by atoms with Crippen molar-refractivity contribution in [2.45, 2.75) is 24.9 Å². The molecule has 0 unspecified atom stereocenters. The summed E-state index contributed by atoms with van der Waals surface area (Å²) in [4.78, 5) is 23.9. The van der Waals surface area contributed by atoms with Gasteiger partial charge in [-0.2, -0.15) is 0 Å². The monoisotopic (exact) mass is 342 g/mol. The van der Waals surface area contributed by atoms with E-state index >= 15 is 0 Å². The summed E-state index contributed by atoms with van der Waals surface area (Å²) in [6, 6.07) is 17.1. The van der Waals surface area contributed by atoms with Crippen molar-refractivity contribution in [3.8, 4) is 0 Å². The number of aliphatic hydroxyl groups excluding tert-OH is 1. The van der Waals surface area contributed by atoms with E-state index in [0.717, 1.165) is 0 Å². The molecule has 1 N–H and O–H groups in total. The van der Waals surface area contributed by atoms with Crippen LogP contribution in [0.2, 0.25) is 0 Å². The lowest BCUT2D eigenvalue weighted by atomic mass is 10.2. The van der Waals surface area contributed by atoms with E-state index in [0.29, 0.717) is 11.1 Å². The van der Waals surface area contributed by atoms with Crippen LogP contribution in [-0.4, -0.2) is 42.1 Å². The number of carbonyl (C=O) groups excluding carboxylic acids is 2. The van der Waals surface area contributed by atoms with Gasteiger partial charge in [-0.15, -0.1) is 0 Å². The smallest absolute Gasteiger partial charge is 0.338 e. The van der Waals surface area contributed by atoms with Gasteiger partial charge in [0.2, 0.25) is 0 Å². The lowest BCUT2D eigenvalue weighted by molar-refractivity contribution is -0.135. The summed E-state index contributed by atoms with van der Waals surface area (Å²) in [7, 11) is 0. The van der Waals surface area contributed by atoms with Crippen molar-refractivity contribution in [3.05, 3.63) is 71.8 Å². The molecule has 0 amide bonds. The molecular formula is C19H18O6. The zero-order chi connectivity index (χ0) is 17.6. The van der Waals surface area contributed by atoms with Gasteiger partial charge in [0, 0.05) is 6.42 Å². The van der Waals surface area contributed by atoms with E-state index in [1.165, 1.54) is 0 Å². The van der Waals surface area contributed by atoms with Gasteiger partial charge in [0.05, 0.1) is 17.2 Å². The molecule has 0 aliphatic carbocycles. The van der Waals surface area contributed by atoms with E-state index in [4.69, 9.17) is 14.2 Å². The predicted octanol–water partition coefficient (Wildman–Crippen LogP) is 2.18. The number of hydrogen-bond donors (Lipinski definition) is 1. The standard InChI is InChI=1S/C19H18O6/c20-17(13-7-3-1-4-8-13)23-12-15-11-16(19(22)24-15)25-18(21)14-9-5-2-6-10-14/h1-10,15-16,19,22H,11-12H2/t15-,16+,19+/m1/s1. The first-order valence-corrected chi connectivity index (χ1v) is 7.95. The summed E-state index contributed by atoms with van der Waals surface area (Å²) >= 11 is 0. The first-order valence-electron chi connectivity index (χ1n) is 7.95. The van der Waals surface area contributed by atoms with Crippen LogP contribution in [0.25, 0.3) is 0 Å². The van der Waals surface area contributed by atoms with Crippen LogP contribution in [0, 0.1) is 0 Å². The molecule has 1 saturated heterocycles. The van der Waals surface area contributed by atoms with Crippen LogP contribution in [0.4, 0.5) is 0 Å². The minimum absolute atomic E-state index is 0.0236. The van der Waals surface area contributed by atoms with Crippen LogP contribution in [-0.2, 0) is 14.2 Å². The molecule has 0 aromatic heterocycles. The zero-order valence-corrected chi connectivity index (χ0v) is 13.4. The molecule has 6 heteroatoms. The van der Waals surface area contributed by atoms with Gasteiger partial charge in [-0.25, -0.2) is 9.59 Å². The van der Waals surface area contributed by atoms with E-state index < -0.39 is 30.4 Å². The predicted molar refractivity (Wildman–Crippen MR) is 87.9 cm³/mol. The molecule has 0 radical (unpaired) electrons. The summed E-state index contributed by atoms with van der Waals surface area (Å²) in [5, 5.41) is 9.90. The average molecular weight is 342 g/mol. The molecule has 1 fully saturated rings. The molecule has 2 aromatic rings. The number of carbonyl (C=O) groups is 2. The summed E-state index contributed by atoms with van der Waals surface area (Å²) in [5.41, 5.74) is 0.835. The molecular weight excluding hydrogens is 324 g/mol. The van der Waals surface area contributed by atoms with Crippen molar-refractivity contribution in [2.75, 3.05) is 6.61 Å². The van der Waals surface area contributed by atoms with Gasteiger partial charge in [0.25, 0.3) is 0 Å². The number of esters is 2. The Labute approximate surface area is 144 Å². The highest BCUT2D eigenvalue weighted by Gasteiger charge is 2.37. The van der Waals surface area contributed by atoms with Crippen LogP contribution in [0.15, 0.2) is 60.7 Å². The molecule has 6 nitrogen and oxygen atoms in total. The van der Waals surface area contributed by atoms with Crippen LogP contribution in [0.5, 0.6) is 0 Å². The Morgan fingerprint density at radius 3 is 2.12 bits per heavy atom.